The Morgan fingerprint density at radius 2 is 1.94 bits per heavy atom. The van der Waals surface area contributed by atoms with Crippen LogP contribution in [-0.2, 0) is 13.2 Å². The van der Waals surface area contributed by atoms with Crippen molar-refractivity contribution in [2.75, 3.05) is 25.0 Å². The second kappa shape index (κ2) is 11.2. The quantitative estimate of drug-likeness (QED) is 0.478. The van der Waals surface area contributed by atoms with Gasteiger partial charge in [-0.15, -0.1) is 11.3 Å². The lowest BCUT2D eigenvalue weighted by Crippen LogP contribution is -2.32. The first-order chi connectivity index (χ1) is 16.1. The summed E-state index contributed by atoms with van der Waals surface area (Å²) in [5, 5.41) is 5.55. The van der Waals surface area contributed by atoms with Gasteiger partial charge in [-0.05, 0) is 74.7 Å². The van der Waals surface area contributed by atoms with Gasteiger partial charge in [-0.2, -0.15) is 0 Å². The summed E-state index contributed by atoms with van der Waals surface area (Å²) in [6.07, 6.45) is 5.93. The average Bonchev–Trinajstić information content (AvgIpc) is 3.27. The first kappa shape index (κ1) is 23.2. The fourth-order valence-electron chi connectivity index (χ4n) is 3.73. The van der Waals surface area contributed by atoms with Crippen molar-refractivity contribution in [3.63, 3.8) is 0 Å². The fourth-order valence-corrected chi connectivity index (χ4v) is 4.43. The number of nitrogens with one attached hydrogen (secondary N) is 1. The molecule has 1 aliphatic rings. The van der Waals surface area contributed by atoms with Crippen LogP contribution in [-0.4, -0.2) is 40.5 Å². The van der Waals surface area contributed by atoms with Gasteiger partial charge in [0.1, 0.15) is 6.61 Å². The number of pyridine rings is 1. The monoisotopic (exact) mass is 466 g/mol. The highest BCUT2D eigenvalue weighted by Crippen LogP contribution is 2.30. The van der Waals surface area contributed by atoms with Crippen molar-refractivity contribution in [2.45, 2.75) is 39.8 Å². The summed E-state index contributed by atoms with van der Waals surface area (Å²) in [7, 11) is 0. The van der Waals surface area contributed by atoms with Crippen molar-refractivity contribution >= 4 is 22.4 Å². The van der Waals surface area contributed by atoms with E-state index < -0.39 is 0 Å². The van der Waals surface area contributed by atoms with Gasteiger partial charge < -0.3 is 9.47 Å². The Bertz CT molecular complexity index is 1050. The van der Waals surface area contributed by atoms with E-state index in [1.165, 1.54) is 24.2 Å². The molecular formula is C25H30N4O3S. The first-order valence-electron chi connectivity index (χ1n) is 11.4. The molecule has 174 valence electrons. The van der Waals surface area contributed by atoms with E-state index in [1.807, 2.05) is 24.4 Å². The number of piperidine rings is 1. The van der Waals surface area contributed by atoms with Crippen LogP contribution in [0.5, 0.6) is 11.5 Å². The number of carbonyl (C=O) groups is 1. The Hall–Kier alpha value is -2.97. The molecule has 0 unspecified atom stereocenters. The van der Waals surface area contributed by atoms with Gasteiger partial charge >= 0.3 is 0 Å². The summed E-state index contributed by atoms with van der Waals surface area (Å²) in [5.41, 5.74) is 2.50. The molecule has 0 bridgehead atoms. The molecule has 0 saturated carbocycles. The third kappa shape index (κ3) is 6.52. The largest absolute Gasteiger partial charge is 0.490 e. The number of hydrogen-bond acceptors (Lipinski definition) is 7. The fraction of sp³-hybridized carbons (Fsp3) is 0.400. The smallest absolute Gasteiger partial charge is 0.257 e. The number of benzene rings is 1. The van der Waals surface area contributed by atoms with Gasteiger partial charge in [-0.3, -0.25) is 20.0 Å². The number of hydrogen-bond donors (Lipinski definition) is 1. The number of likely N-dealkylation sites (tertiary alicyclic amines) is 1. The number of ether oxygens (including phenoxy) is 2. The Kier molecular flexibility index (Phi) is 7.91. The molecule has 0 aliphatic carbocycles. The summed E-state index contributed by atoms with van der Waals surface area (Å²) >= 11 is 1.45. The van der Waals surface area contributed by atoms with Gasteiger partial charge in [0.25, 0.3) is 5.91 Å². The average molecular weight is 467 g/mol. The maximum absolute atomic E-state index is 12.8. The summed E-state index contributed by atoms with van der Waals surface area (Å²) in [6, 6.07) is 9.02. The molecule has 1 N–H and O–H groups in total. The lowest BCUT2D eigenvalue weighted by atomic mass is 9.99. The maximum Gasteiger partial charge on any atom is 0.257 e. The van der Waals surface area contributed by atoms with Crippen LogP contribution < -0.4 is 14.8 Å². The molecular weight excluding hydrogens is 436 g/mol. The van der Waals surface area contributed by atoms with Crippen molar-refractivity contribution in [1.82, 2.24) is 14.9 Å². The second-order valence-corrected chi connectivity index (χ2v) is 9.15. The summed E-state index contributed by atoms with van der Waals surface area (Å²) in [6.45, 7) is 8.13. The number of amides is 1. The summed E-state index contributed by atoms with van der Waals surface area (Å²) in [5.74, 6) is 1.72. The summed E-state index contributed by atoms with van der Waals surface area (Å²) < 4.78 is 11.6. The molecule has 0 radical (unpaired) electrons. The molecule has 1 amide bonds. The van der Waals surface area contributed by atoms with Crippen LogP contribution >= 0.6 is 11.3 Å². The van der Waals surface area contributed by atoms with Crippen LogP contribution in [0.25, 0.3) is 0 Å². The number of thiazole rings is 1. The minimum Gasteiger partial charge on any atom is -0.490 e. The minimum absolute atomic E-state index is 0.218. The van der Waals surface area contributed by atoms with E-state index >= 15 is 0 Å². The van der Waals surface area contributed by atoms with E-state index in [0.717, 1.165) is 36.8 Å². The van der Waals surface area contributed by atoms with Gasteiger partial charge in [0.2, 0.25) is 0 Å². The van der Waals surface area contributed by atoms with Crippen molar-refractivity contribution in [2.24, 2.45) is 5.92 Å². The van der Waals surface area contributed by atoms with Crippen LogP contribution in [0.4, 0.5) is 5.13 Å². The van der Waals surface area contributed by atoms with Crippen LogP contribution in [0, 0.1) is 5.92 Å². The van der Waals surface area contributed by atoms with Crippen molar-refractivity contribution in [3.8, 4) is 11.5 Å². The molecule has 1 saturated heterocycles. The molecule has 0 spiro atoms. The second-order valence-electron chi connectivity index (χ2n) is 8.30. The zero-order chi connectivity index (χ0) is 23.0. The Morgan fingerprint density at radius 3 is 2.70 bits per heavy atom. The zero-order valence-electron chi connectivity index (χ0n) is 19.1. The highest BCUT2D eigenvalue weighted by Gasteiger charge is 2.18. The van der Waals surface area contributed by atoms with Crippen molar-refractivity contribution < 1.29 is 14.3 Å². The molecule has 1 aliphatic heterocycles. The maximum atomic E-state index is 12.8. The lowest BCUT2D eigenvalue weighted by Gasteiger charge is -2.29. The molecule has 2 aromatic heterocycles. The van der Waals surface area contributed by atoms with E-state index in [9.17, 15) is 4.79 Å². The highest BCUT2D eigenvalue weighted by molar-refractivity contribution is 7.14. The normalized spacial score (nSPS) is 14.7. The van der Waals surface area contributed by atoms with Gasteiger partial charge in [0.05, 0.1) is 12.3 Å². The van der Waals surface area contributed by atoms with Crippen molar-refractivity contribution in [3.05, 3.63) is 64.9 Å². The molecule has 0 atom stereocenters. The van der Waals surface area contributed by atoms with E-state index in [0.29, 0.717) is 35.4 Å². The standard InChI is InChI=1S/C25H30N4O3S/c1-3-31-23-14-20(4-5-22(23)32-16-19-6-10-26-11-7-19)24(30)28-25-27-21(17-33-25)15-29-12-8-18(2)9-13-29/h4-7,10-11,14,17-18H,3,8-9,12-13,15-16H2,1-2H3,(H,27,28,30). The van der Waals surface area contributed by atoms with E-state index in [2.05, 4.69) is 27.1 Å². The first-order valence-corrected chi connectivity index (χ1v) is 12.3. The third-order valence-corrected chi connectivity index (χ3v) is 6.49. The molecule has 7 nitrogen and oxygen atoms in total. The van der Waals surface area contributed by atoms with Crippen molar-refractivity contribution in [1.29, 1.82) is 0 Å². The topological polar surface area (TPSA) is 76.6 Å². The Balaban J connectivity index is 1.37. The molecule has 1 aromatic carbocycles. The molecule has 8 heteroatoms. The molecule has 1 fully saturated rings. The predicted octanol–water partition coefficient (Wildman–Crippen LogP) is 5.00. The minimum atomic E-state index is -0.218. The number of aromatic nitrogens is 2. The zero-order valence-corrected chi connectivity index (χ0v) is 19.9. The predicted molar refractivity (Wildman–Crippen MR) is 130 cm³/mol. The molecule has 3 aromatic rings. The van der Waals surface area contributed by atoms with Crippen LogP contribution in [0.2, 0.25) is 0 Å². The number of carbonyl (C=O) groups excluding carboxylic acids is 1. The van der Waals surface area contributed by atoms with Crippen LogP contribution in [0.15, 0.2) is 48.1 Å². The third-order valence-electron chi connectivity index (χ3n) is 5.68. The van der Waals surface area contributed by atoms with Gasteiger partial charge in [-0.25, -0.2) is 4.98 Å². The van der Waals surface area contributed by atoms with E-state index in [1.54, 1.807) is 30.6 Å². The highest BCUT2D eigenvalue weighted by atomic mass is 32.1. The lowest BCUT2D eigenvalue weighted by molar-refractivity contribution is 0.102. The molecule has 3 heterocycles. The Labute approximate surface area is 198 Å². The number of rotatable bonds is 9. The van der Waals surface area contributed by atoms with Gasteiger partial charge in [0, 0.05) is 29.9 Å². The SMILES string of the molecule is CCOc1cc(C(=O)Nc2nc(CN3CCC(C)CC3)cs2)ccc1OCc1ccncc1. The van der Waals surface area contributed by atoms with E-state index in [-0.39, 0.29) is 5.91 Å². The molecule has 4 rings (SSSR count). The summed E-state index contributed by atoms with van der Waals surface area (Å²) in [4.78, 5) is 23.9. The van der Waals surface area contributed by atoms with E-state index in [4.69, 9.17) is 9.47 Å². The molecule has 33 heavy (non-hydrogen) atoms. The van der Waals surface area contributed by atoms with Crippen LogP contribution in [0.1, 0.15) is 48.3 Å². The van der Waals surface area contributed by atoms with Gasteiger partial charge in [-0.1, -0.05) is 6.92 Å². The Morgan fingerprint density at radius 1 is 1.15 bits per heavy atom. The number of nitrogens with zero attached hydrogens (tertiary/aromatic N) is 3. The number of anilines is 1. The van der Waals surface area contributed by atoms with Crippen LogP contribution in [0.3, 0.4) is 0 Å². The van der Waals surface area contributed by atoms with Gasteiger partial charge in [0.15, 0.2) is 16.6 Å².